The van der Waals surface area contributed by atoms with Crippen molar-refractivity contribution in [1.82, 2.24) is 9.97 Å². The first-order valence-electron chi connectivity index (χ1n) is 8.48. The normalized spacial score (nSPS) is 11.0. The van der Waals surface area contributed by atoms with Crippen LogP contribution in [0.2, 0.25) is 5.02 Å². The van der Waals surface area contributed by atoms with Crippen LogP contribution in [-0.2, 0) is 19.6 Å². The van der Waals surface area contributed by atoms with Gasteiger partial charge in [0.2, 0.25) is 15.0 Å². The molecule has 154 valence electrons. The minimum Gasteiger partial charge on any atom is -0.242 e. The van der Waals surface area contributed by atoms with E-state index >= 15 is 0 Å². The molecule has 0 aliphatic rings. The second-order valence-corrected chi connectivity index (χ2v) is 8.60. The Morgan fingerprint density at radius 2 is 1.67 bits per heavy atom. The van der Waals surface area contributed by atoms with Crippen LogP contribution in [0.4, 0.5) is 0 Å². The van der Waals surface area contributed by atoms with Gasteiger partial charge < -0.3 is 0 Å². The van der Waals surface area contributed by atoms with E-state index < -0.39 is 26.9 Å². The number of nitrogens with zero attached hydrogens (tertiary/aromatic N) is 2. The van der Waals surface area contributed by atoms with Crippen LogP contribution in [0, 0.1) is 6.92 Å². The summed E-state index contributed by atoms with van der Waals surface area (Å²) in [4.78, 5) is 41.6. The third-order valence-electron chi connectivity index (χ3n) is 3.98. The van der Waals surface area contributed by atoms with Gasteiger partial charge in [-0.05, 0) is 36.2 Å². The van der Waals surface area contributed by atoms with E-state index in [4.69, 9.17) is 11.6 Å². The minimum absolute atomic E-state index is 0.0638. The van der Waals surface area contributed by atoms with Crippen molar-refractivity contribution in [2.45, 2.75) is 12.1 Å². The molecule has 0 N–H and O–H groups in total. The van der Waals surface area contributed by atoms with Crippen LogP contribution in [-0.4, -0.2) is 36.6 Å². The lowest BCUT2D eigenvalue weighted by Crippen LogP contribution is -2.16. The van der Waals surface area contributed by atoms with E-state index in [9.17, 15) is 18.0 Å². The van der Waals surface area contributed by atoms with Gasteiger partial charge in [-0.15, -0.1) is 0 Å². The topological polar surface area (TPSA) is 113 Å². The van der Waals surface area contributed by atoms with E-state index in [1.165, 1.54) is 24.4 Å². The van der Waals surface area contributed by atoms with Crippen LogP contribution >= 0.6 is 11.6 Å². The minimum atomic E-state index is -3.80. The highest BCUT2D eigenvalue weighted by molar-refractivity contribution is 7.90. The highest BCUT2D eigenvalue weighted by atomic mass is 35.5. The zero-order valence-electron chi connectivity index (χ0n) is 15.8. The van der Waals surface area contributed by atoms with Crippen LogP contribution in [0.25, 0.3) is 11.1 Å². The van der Waals surface area contributed by atoms with E-state index in [-0.39, 0.29) is 16.8 Å². The fourth-order valence-electron chi connectivity index (χ4n) is 2.55. The first-order valence-corrected chi connectivity index (χ1v) is 10.8. The van der Waals surface area contributed by atoms with Gasteiger partial charge in [-0.25, -0.2) is 37.7 Å². The van der Waals surface area contributed by atoms with Gasteiger partial charge in [0.25, 0.3) is 0 Å². The molecule has 3 aromatic rings. The van der Waals surface area contributed by atoms with Crippen molar-refractivity contribution in [3.05, 3.63) is 76.6 Å². The monoisotopic (exact) mass is 446 g/mol. The average Bonchev–Trinajstić information content (AvgIpc) is 2.71. The molecule has 0 saturated heterocycles. The van der Waals surface area contributed by atoms with Crippen LogP contribution < -0.4 is 0 Å². The van der Waals surface area contributed by atoms with Crippen molar-refractivity contribution in [1.29, 1.82) is 0 Å². The molecule has 8 nitrogen and oxygen atoms in total. The van der Waals surface area contributed by atoms with Crippen LogP contribution in [0.5, 0.6) is 0 Å². The third-order valence-corrected chi connectivity index (χ3v) is 5.08. The maximum Gasteiger partial charge on any atom is 0.405 e. The Morgan fingerprint density at radius 3 is 2.33 bits per heavy atom. The molecular weight excluding hydrogens is 432 g/mol. The van der Waals surface area contributed by atoms with Gasteiger partial charge in [0.1, 0.15) is 0 Å². The number of aryl methyl sites for hydroxylation is 1. The summed E-state index contributed by atoms with van der Waals surface area (Å²) in [5.41, 5.74) is 1.31. The predicted molar refractivity (Wildman–Crippen MR) is 108 cm³/mol. The SMILES string of the molecule is Cc1ccccc1-c1cnc(S(C)(=O)=O)nc1C(=O)OOC(=O)c1cccc(Cl)c1. The number of carbonyl (C=O) groups is 2. The van der Waals surface area contributed by atoms with Crippen molar-refractivity contribution < 1.29 is 27.8 Å². The molecule has 0 bridgehead atoms. The number of halogens is 1. The standard InChI is InChI=1S/C20H15ClN2O6S/c1-12-6-3-4-9-15(12)16-11-22-20(30(2,26)27)23-17(16)19(25)29-28-18(24)13-7-5-8-14(21)10-13/h3-11H,1-2H3. The van der Waals surface area contributed by atoms with E-state index in [0.29, 0.717) is 10.6 Å². The van der Waals surface area contributed by atoms with Gasteiger partial charge in [-0.3, -0.25) is 0 Å². The molecule has 30 heavy (non-hydrogen) atoms. The number of carbonyl (C=O) groups excluding carboxylic acids is 2. The van der Waals surface area contributed by atoms with Crippen molar-refractivity contribution in [2.75, 3.05) is 6.26 Å². The lowest BCUT2D eigenvalue weighted by atomic mass is 10.0. The second kappa shape index (κ2) is 8.60. The summed E-state index contributed by atoms with van der Waals surface area (Å²) in [7, 11) is -3.80. The molecular formula is C20H15ClN2O6S. The Kier molecular flexibility index (Phi) is 6.14. The zero-order chi connectivity index (χ0) is 21.9. The molecule has 0 spiro atoms. The van der Waals surface area contributed by atoms with Crippen molar-refractivity contribution in [3.63, 3.8) is 0 Å². The largest absolute Gasteiger partial charge is 0.405 e. The molecule has 0 aliphatic heterocycles. The molecule has 0 amide bonds. The van der Waals surface area contributed by atoms with E-state index in [1.54, 1.807) is 37.3 Å². The molecule has 1 aromatic heterocycles. The summed E-state index contributed by atoms with van der Waals surface area (Å²) in [6, 6.07) is 12.9. The van der Waals surface area contributed by atoms with E-state index in [1.807, 2.05) is 0 Å². The average molecular weight is 447 g/mol. The fraction of sp³-hybridized carbons (Fsp3) is 0.100. The maximum absolute atomic E-state index is 12.6. The summed E-state index contributed by atoms with van der Waals surface area (Å²) in [6.45, 7) is 1.80. The van der Waals surface area contributed by atoms with Gasteiger partial charge in [-0.1, -0.05) is 41.9 Å². The van der Waals surface area contributed by atoms with Gasteiger partial charge in [-0.2, -0.15) is 0 Å². The lowest BCUT2D eigenvalue weighted by Gasteiger charge is -2.11. The predicted octanol–water partition coefficient (Wildman–Crippen LogP) is 3.44. The van der Waals surface area contributed by atoms with Crippen LogP contribution in [0.1, 0.15) is 26.4 Å². The number of benzene rings is 2. The molecule has 0 aliphatic carbocycles. The number of hydrogen-bond acceptors (Lipinski definition) is 8. The Morgan fingerprint density at radius 1 is 0.967 bits per heavy atom. The Labute approximate surface area is 177 Å². The van der Waals surface area contributed by atoms with Gasteiger partial charge in [0.15, 0.2) is 5.69 Å². The van der Waals surface area contributed by atoms with Crippen LogP contribution in [0.3, 0.4) is 0 Å². The molecule has 3 rings (SSSR count). The quantitative estimate of drug-likeness (QED) is 0.340. The van der Waals surface area contributed by atoms with Crippen LogP contribution in [0.15, 0.2) is 59.9 Å². The van der Waals surface area contributed by atoms with Crippen molar-refractivity contribution in [2.24, 2.45) is 0 Å². The summed E-state index contributed by atoms with van der Waals surface area (Å²) < 4.78 is 23.7. The number of aromatic nitrogens is 2. The molecule has 0 fully saturated rings. The smallest absolute Gasteiger partial charge is 0.242 e. The number of rotatable bonds is 4. The maximum atomic E-state index is 12.6. The first kappa shape index (κ1) is 21.4. The van der Waals surface area contributed by atoms with E-state index in [0.717, 1.165) is 11.8 Å². The summed E-state index contributed by atoms with van der Waals surface area (Å²) in [6.07, 6.45) is 2.12. The zero-order valence-corrected chi connectivity index (χ0v) is 17.4. The first-order chi connectivity index (χ1) is 14.2. The Hall–Kier alpha value is -3.30. The highest BCUT2D eigenvalue weighted by Gasteiger charge is 2.24. The van der Waals surface area contributed by atoms with Crippen molar-refractivity contribution >= 4 is 33.4 Å². The summed E-state index contributed by atoms with van der Waals surface area (Å²) in [5, 5.41) is -0.265. The Balaban J connectivity index is 1.95. The molecule has 0 radical (unpaired) electrons. The van der Waals surface area contributed by atoms with Crippen molar-refractivity contribution in [3.8, 4) is 11.1 Å². The van der Waals surface area contributed by atoms with E-state index in [2.05, 4.69) is 19.7 Å². The Bertz CT molecular complexity index is 1240. The number of hydrogen-bond donors (Lipinski definition) is 0. The molecule has 0 saturated carbocycles. The molecule has 0 unspecified atom stereocenters. The lowest BCUT2D eigenvalue weighted by molar-refractivity contribution is -0.187. The van der Waals surface area contributed by atoms with Gasteiger partial charge in [0.05, 0.1) is 5.56 Å². The van der Waals surface area contributed by atoms with Gasteiger partial charge >= 0.3 is 11.9 Å². The summed E-state index contributed by atoms with van der Waals surface area (Å²) >= 11 is 5.82. The molecule has 0 atom stereocenters. The third kappa shape index (κ3) is 4.81. The molecule has 2 aromatic carbocycles. The highest BCUT2D eigenvalue weighted by Crippen LogP contribution is 2.26. The second-order valence-electron chi connectivity index (χ2n) is 6.25. The molecule has 1 heterocycles. The fourth-order valence-corrected chi connectivity index (χ4v) is 3.24. The molecule has 10 heteroatoms. The number of sulfone groups is 1. The summed E-state index contributed by atoms with van der Waals surface area (Å²) in [5.74, 6) is -2.11. The van der Waals surface area contributed by atoms with Gasteiger partial charge in [0, 0.05) is 23.0 Å².